The number of unbranched alkanes of at least 4 members (excludes halogenated alkanes) is 1. The summed E-state index contributed by atoms with van der Waals surface area (Å²) in [5, 5.41) is 2.77. The fraction of sp³-hybridized carbons (Fsp3) is 0.909. The summed E-state index contributed by atoms with van der Waals surface area (Å²) in [6.07, 6.45) is 1.37. The highest BCUT2D eigenvalue weighted by atomic mass is 32.2. The molecule has 108 valence electrons. The average molecular weight is 279 g/mol. The van der Waals surface area contributed by atoms with Crippen molar-refractivity contribution in [3.63, 3.8) is 0 Å². The third-order valence-electron chi connectivity index (χ3n) is 2.06. The van der Waals surface area contributed by atoms with Crippen LogP contribution in [0, 0.1) is 0 Å². The predicted molar refractivity (Wildman–Crippen MR) is 72.6 cm³/mol. The van der Waals surface area contributed by atoms with Crippen LogP contribution < -0.4 is 15.8 Å². The lowest BCUT2D eigenvalue weighted by molar-refractivity contribution is -0.122. The number of hydrogen-bond acceptors (Lipinski definition) is 4. The Bertz CT molecular complexity index is 347. The molecule has 0 aliphatic carbocycles. The molecule has 0 aromatic heterocycles. The maximum absolute atomic E-state index is 11.5. The molecule has 18 heavy (non-hydrogen) atoms. The number of rotatable bonds is 8. The van der Waals surface area contributed by atoms with Crippen molar-refractivity contribution < 1.29 is 13.2 Å². The fourth-order valence-electron chi connectivity index (χ4n) is 1.31. The lowest BCUT2D eigenvalue weighted by Crippen LogP contribution is -2.42. The van der Waals surface area contributed by atoms with Crippen molar-refractivity contribution in [1.82, 2.24) is 10.0 Å². The van der Waals surface area contributed by atoms with E-state index >= 15 is 0 Å². The van der Waals surface area contributed by atoms with E-state index in [0.717, 1.165) is 0 Å². The zero-order valence-corrected chi connectivity index (χ0v) is 12.3. The Morgan fingerprint density at radius 1 is 1.22 bits per heavy atom. The Kier molecular flexibility index (Phi) is 7.42. The van der Waals surface area contributed by atoms with Gasteiger partial charge in [-0.2, -0.15) is 0 Å². The van der Waals surface area contributed by atoms with E-state index in [1.165, 1.54) is 0 Å². The van der Waals surface area contributed by atoms with Crippen LogP contribution in [0.15, 0.2) is 0 Å². The van der Waals surface area contributed by atoms with Crippen molar-refractivity contribution in [3.05, 3.63) is 0 Å². The van der Waals surface area contributed by atoms with Gasteiger partial charge < -0.3 is 11.1 Å². The molecule has 0 aromatic rings. The maximum atomic E-state index is 11.5. The highest BCUT2D eigenvalue weighted by Crippen LogP contribution is 1.99. The molecule has 4 N–H and O–H groups in total. The molecule has 0 bridgehead atoms. The predicted octanol–water partition coefficient (Wildman–Crippen LogP) is -0.0505. The summed E-state index contributed by atoms with van der Waals surface area (Å²) in [6.45, 7) is 6.25. The van der Waals surface area contributed by atoms with Crippen LogP contribution >= 0.6 is 0 Å². The first-order chi connectivity index (χ1) is 8.16. The smallest absolute Gasteiger partial charge is 0.221 e. The summed E-state index contributed by atoms with van der Waals surface area (Å²) < 4.78 is 25.4. The van der Waals surface area contributed by atoms with Gasteiger partial charge >= 0.3 is 0 Å². The largest absolute Gasteiger partial charge is 0.351 e. The van der Waals surface area contributed by atoms with Crippen molar-refractivity contribution in [1.29, 1.82) is 0 Å². The van der Waals surface area contributed by atoms with Gasteiger partial charge in [-0.15, -0.1) is 0 Å². The van der Waals surface area contributed by atoms with E-state index in [1.54, 1.807) is 0 Å². The molecular formula is C11H25N3O3S. The molecule has 1 amide bonds. The third kappa shape index (κ3) is 10.5. The van der Waals surface area contributed by atoms with Gasteiger partial charge in [-0.3, -0.25) is 4.79 Å². The first-order valence-corrected chi connectivity index (χ1v) is 7.80. The lowest BCUT2D eigenvalue weighted by Gasteiger charge is -2.20. The molecule has 0 aliphatic rings. The van der Waals surface area contributed by atoms with E-state index in [4.69, 9.17) is 5.73 Å². The Morgan fingerprint density at radius 3 is 2.33 bits per heavy atom. The van der Waals surface area contributed by atoms with Crippen LogP contribution in [0.3, 0.4) is 0 Å². The Labute approximate surface area is 110 Å². The molecule has 0 radical (unpaired) electrons. The molecule has 0 aromatic carbocycles. The molecule has 0 saturated carbocycles. The van der Waals surface area contributed by atoms with Crippen molar-refractivity contribution in [2.24, 2.45) is 5.73 Å². The average Bonchev–Trinajstić information content (AvgIpc) is 2.14. The van der Waals surface area contributed by atoms with E-state index in [9.17, 15) is 13.2 Å². The van der Waals surface area contributed by atoms with Crippen molar-refractivity contribution in [3.8, 4) is 0 Å². The molecule has 0 unspecified atom stereocenters. The number of hydrogen-bond donors (Lipinski definition) is 3. The van der Waals surface area contributed by atoms with Gasteiger partial charge in [0.05, 0.1) is 5.75 Å². The van der Waals surface area contributed by atoms with E-state index in [1.807, 2.05) is 20.8 Å². The number of amides is 1. The zero-order chi connectivity index (χ0) is 14.2. The third-order valence-corrected chi connectivity index (χ3v) is 3.53. The lowest BCUT2D eigenvalue weighted by atomic mass is 10.1. The van der Waals surface area contributed by atoms with Gasteiger partial charge in [0.25, 0.3) is 0 Å². The van der Waals surface area contributed by atoms with E-state index in [2.05, 4.69) is 10.0 Å². The van der Waals surface area contributed by atoms with Gasteiger partial charge in [0.1, 0.15) is 0 Å². The molecule has 0 rings (SSSR count). The first kappa shape index (κ1) is 17.3. The standard InChI is InChI=1S/C11H25N3O3S/c1-11(2,3)14-10(15)6-8-13-18(16,17)9-5-4-7-12/h13H,4-9,12H2,1-3H3,(H,14,15). The topological polar surface area (TPSA) is 101 Å². The van der Waals surface area contributed by atoms with Crippen LogP contribution in [0.25, 0.3) is 0 Å². The summed E-state index contributed by atoms with van der Waals surface area (Å²) in [5.41, 5.74) is 4.99. The Hall–Kier alpha value is -0.660. The second kappa shape index (κ2) is 7.70. The molecule has 0 aliphatic heterocycles. The molecule has 0 saturated heterocycles. The molecule has 0 atom stereocenters. The first-order valence-electron chi connectivity index (χ1n) is 6.15. The van der Waals surface area contributed by atoms with Gasteiger partial charge in [-0.25, -0.2) is 13.1 Å². The monoisotopic (exact) mass is 279 g/mol. The van der Waals surface area contributed by atoms with E-state index in [0.29, 0.717) is 19.4 Å². The minimum Gasteiger partial charge on any atom is -0.351 e. The fourth-order valence-corrected chi connectivity index (χ4v) is 2.45. The molecule has 0 heterocycles. The quantitative estimate of drug-likeness (QED) is 0.542. The van der Waals surface area contributed by atoms with Crippen LogP contribution in [-0.4, -0.2) is 38.7 Å². The SMILES string of the molecule is CC(C)(C)NC(=O)CCNS(=O)(=O)CCCCN. The summed E-state index contributed by atoms with van der Waals surface area (Å²) >= 11 is 0. The molecule has 6 nitrogen and oxygen atoms in total. The molecule has 0 fully saturated rings. The number of nitrogens with two attached hydrogens (primary N) is 1. The number of sulfonamides is 1. The van der Waals surface area contributed by atoms with Crippen LogP contribution in [0.4, 0.5) is 0 Å². The molecule has 7 heteroatoms. The molecule has 0 spiro atoms. The highest BCUT2D eigenvalue weighted by molar-refractivity contribution is 7.89. The van der Waals surface area contributed by atoms with Crippen LogP contribution in [0.5, 0.6) is 0 Å². The normalized spacial score (nSPS) is 12.4. The van der Waals surface area contributed by atoms with Crippen LogP contribution in [0.2, 0.25) is 0 Å². The van der Waals surface area contributed by atoms with Crippen LogP contribution in [-0.2, 0) is 14.8 Å². The van der Waals surface area contributed by atoms with Gasteiger partial charge in [-0.1, -0.05) is 0 Å². The number of carbonyl (C=O) groups excluding carboxylic acids is 1. The maximum Gasteiger partial charge on any atom is 0.221 e. The number of nitrogens with one attached hydrogen (secondary N) is 2. The van der Waals surface area contributed by atoms with Gasteiger partial charge in [0.2, 0.25) is 15.9 Å². The van der Waals surface area contributed by atoms with Crippen LogP contribution in [0.1, 0.15) is 40.0 Å². The minimum atomic E-state index is -3.28. The van der Waals surface area contributed by atoms with E-state index in [-0.39, 0.29) is 30.2 Å². The minimum absolute atomic E-state index is 0.0606. The number of carbonyl (C=O) groups is 1. The summed E-state index contributed by atoms with van der Waals surface area (Å²) in [7, 11) is -3.28. The summed E-state index contributed by atoms with van der Waals surface area (Å²) in [6, 6.07) is 0. The van der Waals surface area contributed by atoms with Gasteiger partial charge in [0.15, 0.2) is 0 Å². The summed E-state index contributed by atoms with van der Waals surface area (Å²) in [5.74, 6) is -0.0994. The van der Waals surface area contributed by atoms with Crippen molar-refractivity contribution in [2.75, 3.05) is 18.8 Å². The highest BCUT2D eigenvalue weighted by Gasteiger charge is 2.14. The van der Waals surface area contributed by atoms with Gasteiger partial charge in [0, 0.05) is 18.5 Å². The zero-order valence-electron chi connectivity index (χ0n) is 11.5. The second-order valence-electron chi connectivity index (χ2n) is 5.26. The van der Waals surface area contributed by atoms with Gasteiger partial charge in [-0.05, 0) is 40.2 Å². The van der Waals surface area contributed by atoms with Crippen molar-refractivity contribution >= 4 is 15.9 Å². The second-order valence-corrected chi connectivity index (χ2v) is 7.18. The Morgan fingerprint density at radius 2 is 1.83 bits per heavy atom. The molecular weight excluding hydrogens is 254 g/mol. The summed E-state index contributed by atoms with van der Waals surface area (Å²) in [4.78, 5) is 11.4. The van der Waals surface area contributed by atoms with Crippen molar-refractivity contribution in [2.45, 2.75) is 45.6 Å². The van der Waals surface area contributed by atoms with E-state index < -0.39 is 10.0 Å². The Balaban J connectivity index is 3.86.